The number of halogens is 2. The number of hydrogen-bond acceptors (Lipinski definition) is 1. The van der Waals surface area contributed by atoms with Crippen LogP contribution >= 0.6 is 15.9 Å². The van der Waals surface area contributed by atoms with E-state index >= 15 is 0 Å². The molecule has 0 amide bonds. The molecule has 3 heteroatoms. The molecule has 0 aromatic heterocycles. The lowest BCUT2D eigenvalue weighted by Crippen LogP contribution is -1.98. The van der Waals surface area contributed by atoms with Gasteiger partial charge in [-0.15, -0.1) is 0 Å². The molecule has 0 saturated heterocycles. The molecular formula is C17H18BrFO. The molecule has 0 bridgehead atoms. The average molecular weight is 337 g/mol. The van der Waals surface area contributed by atoms with Gasteiger partial charge in [0, 0.05) is 10.9 Å². The van der Waals surface area contributed by atoms with E-state index < -0.39 is 0 Å². The highest BCUT2D eigenvalue weighted by Gasteiger charge is 2.13. The van der Waals surface area contributed by atoms with E-state index in [0.717, 1.165) is 17.7 Å². The van der Waals surface area contributed by atoms with Crippen LogP contribution < -0.4 is 4.74 Å². The number of alkyl halides is 1. The quantitative estimate of drug-likeness (QED) is 0.606. The molecule has 1 unspecified atom stereocenters. The topological polar surface area (TPSA) is 9.23 Å². The number of para-hydroxylation sites is 1. The molecule has 20 heavy (non-hydrogen) atoms. The van der Waals surface area contributed by atoms with E-state index in [1.807, 2.05) is 18.2 Å². The van der Waals surface area contributed by atoms with Gasteiger partial charge in [0.1, 0.15) is 17.3 Å². The van der Waals surface area contributed by atoms with E-state index in [4.69, 9.17) is 4.74 Å². The largest absolute Gasteiger partial charge is 0.457 e. The Labute approximate surface area is 127 Å². The van der Waals surface area contributed by atoms with Crippen LogP contribution in [0.25, 0.3) is 0 Å². The smallest absolute Gasteiger partial charge is 0.134 e. The summed E-state index contributed by atoms with van der Waals surface area (Å²) in [5.74, 6) is 1.53. The van der Waals surface area contributed by atoms with Crippen molar-refractivity contribution in [2.45, 2.75) is 31.5 Å². The summed E-state index contributed by atoms with van der Waals surface area (Å²) in [6.45, 7) is 4.31. The normalized spacial score (nSPS) is 12.2. The van der Waals surface area contributed by atoms with Crippen molar-refractivity contribution in [2.24, 2.45) is 0 Å². The maximum Gasteiger partial charge on any atom is 0.134 e. The third-order valence-electron chi connectivity index (χ3n) is 3.49. The van der Waals surface area contributed by atoms with Crippen molar-refractivity contribution in [1.82, 2.24) is 0 Å². The summed E-state index contributed by atoms with van der Waals surface area (Å²) in [5.41, 5.74) is 1.70. The second kappa shape index (κ2) is 6.89. The Morgan fingerprint density at radius 1 is 1.10 bits per heavy atom. The number of ether oxygens (including phenoxy) is 1. The van der Waals surface area contributed by atoms with Crippen molar-refractivity contribution in [3.63, 3.8) is 0 Å². The Bertz CT molecular complexity index is 583. The van der Waals surface area contributed by atoms with Gasteiger partial charge in [0.2, 0.25) is 0 Å². The maximum atomic E-state index is 13.8. The molecule has 106 valence electrons. The maximum absolute atomic E-state index is 13.8. The summed E-state index contributed by atoms with van der Waals surface area (Å²) >= 11 is 3.31. The average Bonchev–Trinajstić information content (AvgIpc) is 2.47. The molecule has 0 radical (unpaired) electrons. The van der Waals surface area contributed by atoms with Gasteiger partial charge in [0.05, 0.1) is 0 Å². The van der Waals surface area contributed by atoms with Gasteiger partial charge in [-0.05, 0) is 36.1 Å². The summed E-state index contributed by atoms with van der Waals surface area (Å²) in [6, 6.07) is 12.9. The Hall–Kier alpha value is -1.35. The monoisotopic (exact) mass is 336 g/mol. The van der Waals surface area contributed by atoms with Crippen LogP contribution in [0.1, 0.15) is 37.3 Å². The molecule has 1 nitrogen and oxygen atoms in total. The van der Waals surface area contributed by atoms with Gasteiger partial charge in [0.25, 0.3) is 0 Å². The Morgan fingerprint density at radius 2 is 1.80 bits per heavy atom. The van der Waals surface area contributed by atoms with Gasteiger partial charge in [-0.3, -0.25) is 0 Å². The van der Waals surface area contributed by atoms with Crippen LogP contribution in [-0.4, -0.2) is 0 Å². The van der Waals surface area contributed by atoms with Gasteiger partial charge in [-0.25, -0.2) is 4.39 Å². The molecule has 2 rings (SSSR count). The van der Waals surface area contributed by atoms with E-state index in [-0.39, 0.29) is 5.82 Å². The van der Waals surface area contributed by atoms with E-state index in [1.54, 1.807) is 12.1 Å². The van der Waals surface area contributed by atoms with Gasteiger partial charge < -0.3 is 4.74 Å². The first kappa shape index (κ1) is 15.0. The van der Waals surface area contributed by atoms with Gasteiger partial charge in [-0.2, -0.15) is 0 Å². The zero-order chi connectivity index (χ0) is 14.5. The Kier molecular flexibility index (Phi) is 5.18. The molecule has 0 aliphatic carbocycles. The molecule has 0 fully saturated rings. The van der Waals surface area contributed by atoms with E-state index in [0.29, 0.717) is 22.6 Å². The van der Waals surface area contributed by atoms with Crippen LogP contribution in [0.3, 0.4) is 0 Å². The molecule has 0 aliphatic rings. The van der Waals surface area contributed by atoms with Crippen molar-refractivity contribution in [2.75, 3.05) is 0 Å². The van der Waals surface area contributed by atoms with Crippen molar-refractivity contribution >= 4 is 15.9 Å². The molecule has 0 aliphatic heterocycles. The SMILES string of the molecule is CCC(C)c1ccccc1Oc1cccc(F)c1CBr. The Balaban J connectivity index is 2.38. The molecule has 0 saturated carbocycles. The van der Waals surface area contributed by atoms with Crippen molar-refractivity contribution in [1.29, 1.82) is 0 Å². The van der Waals surface area contributed by atoms with Crippen LogP contribution in [0.5, 0.6) is 11.5 Å². The number of hydrogen-bond donors (Lipinski definition) is 0. The lowest BCUT2D eigenvalue weighted by Gasteiger charge is -2.17. The second-order valence-electron chi connectivity index (χ2n) is 4.80. The first-order chi connectivity index (χ1) is 9.67. The molecule has 1 atom stereocenters. The molecule has 0 heterocycles. The summed E-state index contributed by atoms with van der Waals surface area (Å²) in [7, 11) is 0. The zero-order valence-electron chi connectivity index (χ0n) is 11.7. The van der Waals surface area contributed by atoms with Gasteiger partial charge in [-0.1, -0.05) is 54.0 Å². The molecule has 0 spiro atoms. The van der Waals surface area contributed by atoms with E-state index in [9.17, 15) is 4.39 Å². The van der Waals surface area contributed by atoms with Crippen molar-refractivity contribution in [3.05, 3.63) is 59.4 Å². The lowest BCUT2D eigenvalue weighted by atomic mass is 9.98. The first-order valence-electron chi connectivity index (χ1n) is 6.77. The van der Waals surface area contributed by atoms with E-state index in [1.165, 1.54) is 6.07 Å². The minimum absolute atomic E-state index is 0.250. The van der Waals surface area contributed by atoms with Crippen LogP contribution in [-0.2, 0) is 5.33 Å². The number of benzene rings is 2. The standard InChI is InChI=1S/C17H18BrFO/c1-3-12(2)13-7-4-5-9-16(13)20-17-10-6-8-15(19)14(17)11-18/h4-10,12H,3,11H2,1-2H3. The second-order valence-corrected chi connectivity index (χ2v) is 5.36. The molecule has 0 N–H and O–H groups in total. The third-order valence-corrected chi connectivity index (χ3v) is 4.05. The zero-order valence-corrected chi connectivity index (χ0v) is 13.3. The fourth-order valence-electron chi connectivity index (χ4n) is 2.08. The molecule has 2 aromatic rings. The minimum atomic E-state index is -0.250. The van der Waals surface area contributed by atoms with Crippen LogP contribution in [0, 0.1) is 5.82 Å². The predicted octanol–water partition coefficient (Wildman–Crippen LogP) is 6.03. The van der Waals surface area contributed by atoms with Gasteiger partial charge in [0.15, 0.2) is 0 Å². The Morgan fingerprint density at radius 3 is 2.50 bits per heavy atom. The van der Waals surface area contributed by atoms with Crippen LogP contribution in [0.4, 0.5) is 4.39 Å². The number of rotatable bonds is 5. The summed E-state index contributed by atoms with van der Waals surface area (Å²) in [6.07, 6.45) is 1.04. The van der Waals surface area contributed by atoms with Crippen molar-refractivity contribution in [3.8, 4) is 11.5 Å². The van der Waals surface area contributed by atoms with Crippen LogP contribution in [0.15, 0.2) is 42.5 Å². The van der Waals surface area contributed by atoms with Crippen molar-refractivity contribution < 1.29 is 9.13 Å². The fraction of sp³-hybridized carbons (Fsp3) is 0.294. The summed E-state index contributed by atoms with van der Waals surface area (Å²) in [5, 5.41) is 0.431. The third kappa shape index (κ3) is 3.21. The predicted molar refractivity (Wildman–Crippen MR) is 84.3 cm³/mol. The van der Waals surface area contributed by atoms with Gasteiger partial charge >= 0.3 is 0 Å². The molecule has 2 aromatic carbocycles. The summed E-state index contributed by atoms with van der Waals surface area (Å²) < 4.78 is 19.7. The van der Waals surface area contributed by atoms with Crippen LogP contribution in [0.2, 0.25) is 0 Å². The highest BCUT2D eigenvalue weighted by molar-refractivity contribution is 9.08. The highest BCUT2D eigenvalue weighted by atomic mass is 79.9. The first-order valence-corrected chi connectivity index (χ1v) is 7.89. The minimum Gasteiger partial charge on any atom is -0.457 e. The summed E-state index contributed by atoms with van der Waals surface area (Å²) in [4.78, 5) is 0. The highest BCUT2D eigenvalue weighted by Crippen LogP contribution is 2.34. The fourth-order valence-corrected chi connectivity index (χ4v) is 2.63. The van der Waals surface area contributed by atoms with E-state index in [2.05, 4.69) is 35.8 Å². The molecular weight excluding hydrogens is 319 g/mol. The lowest BCUT2D eigenvalue weighted by molar-refractivity contribution is 0.460.